The Morgan fingerprint density at radius 3 is 2.39 bits per heavy atom. The monoisotopic (exact) mass is 638 g/mol. The average molecular weight is 640 g/mol. The van der Waals surface area contributed by atoms with Crippen LogP contribution in [0.25, 0.3) is 0 Å². The van der Waals surface area contributed by atoms with E-state index in [2.05, 4.69) is 29.1 Å². The van der Waals surface area contributed by atoms with Crippen molar-refractivity contribution < 1.29 is 24.2 Å². The normalized spacial score (nSPS) is 28.7. The first-order valence-electron chi connectivity index (χ1n) is 13.9. The molecule has 2 aromatic rings. The van der Waals surface area contributed by atoms with Crippen molar-refractivity contribution in [2.24, 2.45) is 11.8 Å². The summed E-state index contributed by atoms with van der Waals surface area (Å²) >= 11 is 5.34. The van der Waals surface area contributed by atoms with Crippen molar-refractivity contribution >= 4 is 45.5 Å². The van der Waals surface area contributed by atoms with Gasteiger partial charge in [0.2, 0.25) is 11.8 Å². The van der Waals surface area contributed by atoms with E-state index in [9.17, 15) is 19.5 Å². The molecule has 9 heteroatoms. The summed E-state index contributed by atoms with van der Waals surface area (Å²) in [6, 6.07) is 17.8. The van der Waals surface area contributed by atoms with E-state index in [4.69, 9.17) is 4.74 Å². The van der Waals surface area contributed by atoms with E-state index in [1.807, 2.05) is 60.7 Å². The zero-order valence-corrected chi connectivity index (χ0v) is 25.2. The molecule has 3 aliphatic heterocycles. The SMILES string of the molecule is C=CCOC(=O)[C@H]1[C@@H]2SC3(CC2Br)C(C(=O)N(CC=C)Cc2ccccc2)N([C@@H](CO)Cc2ccccc2)C(=O)[C@H]13. The Bertz CT molecular complexity index is 1290. The summed E-state index contributed by atoms with van der Waals surface area (Å²) in [5.41, 5.74) is 1.91. The van der Waals surface area contributed by atoms with E-state index in [-0.39, 0.29) is 35.1 Å². The molecule has 7 atom stereocenters. The van der Waals surface area contributed by atoms with E-state index in [1.165, 1.54) is 6.08 Å². The van der Waals surface area contributed by atoms with Crippen LogP contribution in [-0.4, -0.2) is 79.4 Å². The third-order valence-electron chi connectivity index (χ3n) is 8.37. The first-order chi connectivity index (χ1) is 19.9. The third-order valence-corrected chi connectivity index (χ3v) is 11.6. The van der Waals surface area contributed by atoms with Crippen molar-refractivity contribution in [2.75, 3.05) is 19.8 Å². The van der Waals surface area contributed by atoms with Crippen molar-refractivity contribution in [1.82, 2.24) is 9.80 Å². The van der Waals surface area contributed by atoms with E-state index in [1.54, 1.807) is 27.6 Å². The van der Waals surface area contributed by atoms with Crippen molar-refractivity contribution in [3.63, 3.8) is 0 Å². The summed E-state index contributed by atoms with van der Waals surface area (Å²) < 4.78 is 4.65. The summed E-state index contributed by atoms with van der Waals surface area (Å²) in [6.45, 7) is 7.91. The fourth-order valence-electron chi connectivity index (χ4n) is 6.75. The van der Waals surface area contributed by atoms with Crippen LogP contribution < -0.4 is 0 Å². The van der Waals surface area contributed by atoms with Crippen LogP contribution in [0.2, 0.25) is 0 Å². The molecule has 1 spiro atoms. The molecule has 41 heavy (non-hydrogen) atoms. The molecule has 1 N–H and O–H groups in total. The van der Waals surface area contributed by atoms with Gasteiger partial charge in [-0.1, -0.05) is 95.3 Å². The lowest BCUT2D eigenvalue weighted by Crippen LogP contribution is -2.58. The van der Waals surface area contributed by atoms with E-state index in [0.29, 0.717) is 25.9 Å². The molecule has 5 rings (SSSR count). The topological polar surface area (TPSA) is 87.2 Å². The molecule has 0 aromatic heterocycles. The standard InChI is InChI=1S/C32H35BrN2O5S/c1-3-15-34(19-22-13-9-6-10-14-22)30(38)28-32-18-24(33)27(41-32)25(31(39)40-16-4-2)26(32)29(37)35(28)23(20-36)17-21-11-7-5-8-12-21/h3-14,23-28,36H,1-2,15-20H2/t23-,24?,25-,26+,27-,28?,32?/m1/s1. The summed E-state index contributed by atoms with van der Waals surface area (Å²) in [7, 11) is 0. The molecule has 3 heterocycles. The van der Waals surface area contributed by atoms with Crippen LogP contribution in [0.1, 0.15) is 17.5 Å². The maximum atomic E-state index is 14.7. The number of thioether (sulfide) groups is 1. The van der Waals surface area contributed by atoms with E-state index >= 15 is 0 Å². The number of likely N-dealkylation sites (tertiary alicyclic amines) is 1. The number of fused-ring (bicyclic) bond motifs is 1. The van der Waals surface area contributed by atoms with Crippen molar-refractivity contribution in [2.45, 2.75) is 46.3 Å². The lowest BCUT2D eigenvalue weighted by molar-refractivity contribution is -0.153. The maximum Gasteiger partial charge on any atom is 0.311 e. The molecule has 2 amide bonds. The maximum absolute atomic E-state index is 14.7. The highest BCUT2D eigenvalue weighted by molar-refractivity contribution is 9.09. The lowest BCUT2D eigenvalue weighted by atomic mass is 9.71. The first-order valence-corrected chi connectivity index (χ1v) is 15.7. The molecule has 3 saturated heterocycles. The van der Waals surface area contributed by atoms with Gasteiger partial charge in [-0.2, -0.15) is 0 Å². The van der Waals surface area contributed by atoms with Crippen LogP contribution in [0.4, 0.5) is 0 Å². The molecule has 216 valence electrons. The van der Waals surface area contributed by atoms with Gasteiger partial charge in [-0.3, -0.25) is 14.4 Å². The average Bonchev–Trinajstić information content (AvgIpc) is 3.58. The molecule has 0 radical (unpaired) electrons. The Balaban J connectivity index is 1.58. The predicted molar refractivity (Wildman–Crippen MR) is 163 cm³/mol. The minimum absolute atomic E-state index is 0.0527. The van der Waals surface area contributed by atoms with Crippen LogP contribution >= 0.6 is 27.7 Å². The molecule has 3 fully saturated rings. The van der Waals surface area contributed by atoms with E-state index < -0.39 is 34.6 Å². The summed E-state index contributed by atoms with van der Waals surface area (Å²) in [5.74, 6) is -2.36. The number of aliphatic hydroxyl groups is 1. The molecular weight excluding hydrogens is 604 g/mol. The molecule has 2 aromatic carbocycles. The molecular formula is C32H35BrN2O5S. The van der Waals surface area contributed by atoms with Crippen molar-refractivity contribution in [3.05, 3.63) is 97.1 Å². The van der Waals surface area contributed by atoms with Gasteiger partial charge in [0.05, 0.1) is 29.2 Å². The quantitative estimate of drug-likeness (QED) is 0.215. The number of carbonyl (C=O) groups excluding carboxylic acids is 3. The third kappa shape index (κ3) is 5.40. The lowest BCUT2D eigenvalue weighted by Gasteiger charge is -2.40. The second kappa shape index (κ2) is 12.5. The number of hydrogen-bond acceptors (Lipinski definition) is 6. The van der Waals surface area contributed by atoms with Crippen LogP contribution in [0, 0.1) is 11.8 Å². The molecule has 2 bridgehead atoms. The van der Waals surface area contributed by atoms with Gasteiger partial charge in [-0.15, -0.1) is 18.3 Å². The fraction of sp³-hybridized carbons (Fsp3) is 0.406. The Hall–Kier alpha value is -2.88. The fourth-order valence-corrected chi connectivity index (χ4v) is 10.3. The Morgan fingerprint density at radius 2 is 1.78 bits per heavy atom. The number of halogens is 1. The van der Waals surface area contributed by atoms with Crippen LogP contribution in [-0.2, 0) is 32.1 Å². The highest BCUT2D eigenvalue weighted by Crippen LogP contribution is 2.68. The number of nitrogens with zero attached hydrogens (tertiary/aromatic N) is 2. The predicted octanol–water partition coefficient (Wildman–Crippen LogP) is 4.00. The Labute approximate surface area is 253 Å². The molecule has 3 aliphatic rings. The Kier molecular flexibility index (Phi) is 9.06. The van der Waals surface area contributed by atoms with Gasteiger partial charge in [-0.25, -0.2) is 0 Å². The van der Waals surface area contributed by atoms with Gasteiger partial charge in [0.15, 0.2) is 0 Å². The second-order valence-electron chi connectivity index (χ2n) is 10.8. The van der Waals surface area contributed by atoms with Gasteiger partial charge >= 0.3 is 5.97 Å². The summed E-state index contributed by atoms with van der Waals surface area (Å²) in [5, 5.41) is 10.5. The number of alkyl halides is 1. The number of benzene rings is 2. The van der Waals surface area contributed by atoms with Gasteiger partial charge in [0.25, 0.3) is 0 Å². The van der Waals surface area contributed by atoms with Crippen molar-refractivity contribution in [1.29, 1.82) is 0 Å². The minimum Gasteiger partial charge on any atom is -0.461 e. The van der Waals surface area contributed by atoms with Gasteiger partial charge in [0, 0.05) is 23.2 Å². The number of carbonyl (C=O) groups is 3. The molecule has 0 saturated carbocycles. The minimum atomic E-state index is -0.864. The number of rotatable bonds is 12. The number of ether oxygens (including phenoxy) is 1. The zero-order valence-electron chi connectivity index (χ0n) is 22.8. The largest absolute Gasteiger partial charge is 0.461 e. The number of aliphatic hydroxyl groups excluding tert-OH is 1. The number of amides is 2. The van der Waals surface area contributed by atoms with Gasteiger partial charge < -0.3 is 19.6 Å². The number of hydrogen-bond donors (Lipinski definition) is 1. The highest BCUT2D eigenvalue weighted by Gasteiger charge is 2.76. The molecule has 3 unspecified atom stereocenters. The number of esters is 1. The van der Waals surface area contributed by atoms with Crippen LogP contribution in [0.3, 0.4) is 0 Å². The van der Waals surface area contributed by atoms with E-state index in [0.717, 1.165) is 11.1 Å². The van der Waals surface area contributed by atoms with Crippen LogP contribution in [0.5, 0.6) is 0 Å². The second-order valence-corrected chi connectivity index (χ2v) is 13.6. The smallest absolute Gasteiger partial charge is 0.311 e. The van der Waals surface area contributed by atoms with Gasteiger partial charge in [0.1, 0.15) is 12.6 Å². The summed E-state index contributed by atoms with van der Waals surface area (Å²) in [6.07, 6.45) is 4.13. The van der Waals surface area contributed by atoms with Gasteiger partial charge in [-0.05, 0) is 24.0 Å². The summed E-state index contributed by atoms with van der Waals surface area (Å²) in [4.78, 5) is 45.8. The Morgan fingerprint density at radius 1 is 1.12 bits per heavy atom. The molecule has 0 aliphatic carbocycles. The first kappa shape index (κ1) is 29.6. The highest BCUT2D eigenvalue weighted by atomic mass is 79.9. The molecule has 7 nitrogen and oxygen atoms in total. The zero-order chi connectivity index (χ0) is 29.1. The van der Waals surface area contributed by atoms with Crippen molar-refractivity contribution in [3.8, 4) is 0 Å². The van der Waals surface area contributed by atoms with Crippen LogP contribution in [0.15, 0.2) is 86.0 Å².